The molecule has 0 unspecified atom stereocenters. The lowest BCUT2D eigenvalue weighted by atomic mass is 9.80. The summed E-state index contributed by atoms with van der Waals surface area (Å²) >= 11 is 0. The third-order valence-electron chi connectivity index (χ3n) is 4.37. The summed E-state index contributed by atoms with van der Waals surface area (Å²) in [7, 11) is 0. The van der Waals surface area contributed by atoms with Crippen molar-refractivity contribution in [3.63, 3.8) is 0 Å². The predicted molar refractivity (Wildman–Crippen MR) is 80.6 cm³/mol. The van der Waals surface area contributed by atoms with Gasteiger partial charge in [-0.3, -0.25) is 0 Å². The molecule has 1 heterocycles. The summed E-state index contributed by atoms with van der Waals surface area (Å²) in [6.07, 6.45) is 8.66. The number of carbonyl (C=O) groups excluding carboxylic acids is 1. The van der Waals surface area contributed by atoms with E-state index in [4.69, 9.17) is 4.74 Å². The van der Waals surface area contributed by atoms with Gasteiger partial charge >= 0.3 is 5.97 Å². The number of rotatable bonds is 5. The van der Waals surface area contributed by atoms with Crippen molar-refractivity contribution in [2.75, 3.05) is 0 Å². The zero-order valence-corrected chi connectivity index (χ0v) is 12.4. The normalized spacial score (nSPS) is 18.0. The number of aromatic nitrogens is 2. The van der Waals surface area contributed by atoms with Crippen molar-refractivity contribution < 1.29 is 14.6 Å². The largest absolute Gasteiger partial charge is 0.441 e. The highest BCUT2D eigenvalue weighted by Gasteiger charge is 2.47. The van der Waals surface area contributed by atoms with Crippen LogP contribution in [-0.2, 0) is 21.9 Å². The Kier molecular flexibility index (Phi) is 4.24. The van der Waals surface area contributed by atoms with E-state index in [-0.39, 0.29) is 12.6 Å². The van der Waals surface area contributed by atoms with Gasteiger partial charge in [0.05, 0.1) is 6.33 Å². The molecule has 1 aromatic carbocycles. The highest BCUT2D eigenvalue weighted by Crippen LogP contribution is 2.41. The summed E-state index contributed by atoms with van der Waals surface area (Å²) in [5.41, 5.74) is -0.962. The molecule has 1 atom stereocenters. The molecule has 22 heavy (non-hydrogen) atoms. The monoisotopic (exact) mass is 300 g/mol. The van der Waals surface area contributed by atoms with E-state index in [9.17, 15) is 9.90 Å². The molecular formula is C17H20N2O3. The smallest absolute Gasteiger partial charge is 0.344 e. The van der Waals surface area contributed by atoms with Crippen LogP contribution in [0.3, 0.4) is 0 Å². The predicted octanol–water partition coefficient (Wildman–Crippen LogP) is 2.46. The Balaban J connectivity index is 1.83. The van der Waals surface area contributed by atoms with E-state index in [0.29, 0.717) is 5.56 Å². The van der Waals surface area contributed by atoms with Gasteiger partial charge in [-0.25, -0.2) is 9.78 Å². The fourth-order valence-electron chi connectivity index (χ4n) is 3.16. The van der Waals surface area contributed by atoms with Gasteiger partial charge in [0.2, 0.25) is 0 Å². The summed E-state index contributed by atoms with van der Waals surface area (Å²) in [5.74, 6) is -0.676. The minimum absolute atomic E-state index is 0.0562. The summed E-state index contributed by atoms with van der Waals surface area (Å²) < 4.78 is 7.00. The minimum Gasteiger partial charge on any atom is -0.441 e. The molecule has 1 fully saturated rings. The minimum atomic E-state index is -1.57. The van der Waals surface area contributed by atoms with Crippen molar-refractivity contribution in [1.29, 1.82) is 0 Å². The first-order valence-corrected chi connectivity index (χ1v) is 7.62. The van der Waals surface area contributed by atoms with Gasteiger partial charge in [0.1, 0.15) is 0 Å². The maximum absolute atomic E-state index is 12.6. The van der Waals surface area contributed by atoms with Gasteiger partial charge in [-0.1, -0.05) is 43.2 Å². The number of imidazole rings is 1. The zero-order valence-electron chi connectivity index (χ0n) is 12.4. The molecule has 1 aromatic heterocycles. The summed E-state index contributed by atoms with van der Waals surface area (Å²) in [6, 6.07) is 9.11. The standard InChI is InChI=1S/C17H20N2O3/c20-16(22-13-19-11-10-18-12-19)17(21,15-8-4-5-9-15)14-6-2-1-3-7-14/h1-3,6-7,10-12,15,21H,4-5,8-9,13H2/t17-/m0/s1. The lowest BCUT2D eigenvalue weighted by molar-refractivity contribution is -0.177. The van der Waals surface area contributed by atoms with Crippen LogP contribution in [0.1, 0.15) is 31.2 Å². The number of ether oxygens (including phenoxy) is 1. The van der Waals surface area contributed by atoms with Gasteiger partial charge in [-0.2, -0.15) is 0 Å². The van der Waals surface area contributed by atoms with Gasteiger partial charge in [0, 0.05) is 18.3 Å². The second kappa shape index (κ2) is 6.32. The summed E-state index contributed by atoms with van der Waals surface area (Å²) in [5, 5.41) is 11.2. The number of nitrogens with zero attached hydrogens (tertiary/aromatic N) is 2. The highest BCUT2D eigenvalue weighted by atomic mass is 16.6. The van der Waals surface area contributed by atoms with E-state index in [2.05, 4.69) is 4.98 Å². The first kappa shape index (κ1) is 14.8. The molecule has 1 saturated carbocycles. The average Bonchev–Trinajstić information content (AvgIpc) is 3.26. The van der Waals surface area contributed by atoms with Crippen LogP contribution in [0.5, 0.6) is 0 Å². The van der Waals surface area contributed by atoms with Crippen molar-refractivity contribution in [3.8, 4) is 0 Å². The second-order valence-electron chi connectivity index (χ2n) is 5.75. The van der Waals surface area contributed by atoms with Crippen LogP contribution < -0.4 is 0 Å². The summed E-state index contributed by atoms with van der Waals surface area (Å²) in [4.78, 5) is 16.5. The fourth-order valence-corrected chi connectivity index (χ4v) is 3.16. The molecule has 2 aromatic rings. The van der Waals surface area contributed by atoms with Gasteiger partial charge in [0.15, 0.2) is 12.3 Å². The van der Waals surface area contributed by atoms with E-state index in [1.807, 2.05) is 18.2 Å². The van der Waals surface area contributed by atoms with Crippen LogP contribution >= 0.6 is 0 Å². The number of carbonyl (C=O) groups is 1. The third-order valence-corrected chi connectivity index (χ3v) is 4.37. The Morgan fingerprint density at radius 3 is 2.68 bits per heavy atom. The van der Waals surface area contributed by atoms with E-state index in [1.165, 1.54) is 0 Å². The Labute approximate surface area is 129 Å². The maximum Gasteiger partial charge on any atom is 0.344 e. The van der Waals surface area contributed by atoms with Crippen molar-refractivity contribution in [2.45, 2.75) is 38.0 Å². The van der Waals surface area contributed by atoms with Gasteiger partial charge in [0.25, 0.3) is 0 Å². The molecule has 1 aliphatic carbocycles. The van der Waals surface area contributed by atoms with E-state index in [1.54, 1.807) is 35.4 Å². The molecular weight excluding hydrogens is 280 g/mol. The maximum atomic E-state index is 12.6. The quantitative estimate of drug-likeness (QED) is 0.862. The van der Waals surface area contributed by atoms with Crippen LogP contribution in [0.4, 0.5) is 0 Å². The Bertz CT molecular complexity index is 606. The Hall–Kier alpha value is -2.14. The molecule has 116 valence electrons. The van der Waals surface area contributed by atoms with Crippen LogP contribution in [-0.4, -0.2) is 20.6 Å². The molecule has 0 radical (unpaired) electrons. The summed E-state index contributed by atoms with van der Waals surface area (Å²) in [6.45, 7) is 0.0562. The number of benzene rings is 1. The van der Waals surface area contributed by atoms with Gasteiger partial charge in [-0.15, -0.1) is 0 Å². The van der Waals surface area contributed by atoms with Crippen molar-refractivity contribution in [1.82, 2.24) is 9.55 Å². The van der Waals surface area contributed by atoms with Crippen LogP contribution in [0.15, 0.2) is 49.1 Å². The Morgan fingerprint density at radius 1 is 1.32 bits per heavy atom. The van der Waals surface area contributed by atoms with Crippen molar-refractivity contribution in [3.05, 3.63) is 54.6 Å². The number of hydrogen-bond acceptors (Lipinski definition) is 4. The topological polar surface area (TPSA) is 64.4 Å². The number of aliphatic hydroxyl groups is 1. The van der Waals surface area contributed by atoms with Gasteiger partial charge in [-0.05, 0) is 18.4 Å². The molecule has 0 spiro atoms. The first-order chi connectivity index (χ1) is 10.7. The molecule has 3 rings (SSSR count). The SMILES string of the molecule is O=C(OCn1ccnc1)[C@](O)(c1ccccc1)C1CCCC1. The van der Waals surface area contributed by atoms with Crippen LogP contribution in [0.25, 0.3) is 0 Å². The molecule has 0 saturated heterocycles. The first-order valence-electron chi connectivity index (χ1n) is 7.62. The number of esters is 1. The van der Waals surface area contributed by atoms with Gasteiger partial charge < -0.3 is 14.4 Å². The molecule has 5 nitrogen and oxygen atoms in total. The molecule has 5 heteroatoms. The molecule has 1 N–H and O–H groups in total. The van der Waals surface area contributed by atoms with Crippen molar-refractivity contribution in [2.24, 2.45) is 5.92 Å². The molecule has 0 bridgehead atoms. The zero-order chi connectivity index (χ0) is 15.4. The van der Waals surface area contributed by atoms with Crippen LogP contribution in [0, 0.1) is 5.92 Å². The number of hydrogen-bond donors (Lipinski definition) is 1. The van der Waals surface area contributed by atoms with Crippen LogP contribution in [0.2, 0.25) is 0 Å². The highest BCUT2D eigenvalue weighted by molar-refractivity contribution is 5.81. The van der Waals surface area contributed by atoms with E-state index in [0.717, 1.165) is 25.7 Å². The van der Waals surface area contributed by atoms with E-state index < -0.39 is 11.6 Å². The Morgan fingerprint density at radius 2 is 2.05 bits per heavy atom. The van der Waals surface area contributed by atoms with Crippen molar-refractivity contribution >= 4 is 5.97 Å². The molecule has 0 amide bonds. The third kappa shape index (κ3) is 2.76. The average molecular weight is 300 g/mol. The van der Waals surface area contributed by atoms with E-state index >= 15 is 0 Å². The molecule has 0 aliphatic heterocycles. The lowest BCUT2D eigenvalue weighted by Gasteiger charge is -2.32. The second-order valence-corrected chi connectivity index (χ2v) is 5.75. The molecule has 1 aliphatic rings. The lowest BCUT2D eigenvalue weighted by Crippen LogP contribution is -2.43. The fraction of sp³-hybridized carbons (Fsp3) is 0.412.